The van der Waals surface area contributed by atoms with E-state index in [0.29, 0.717) is 6.42 Å². The lowest BCUT2D eigenvalue weighted by Gasteiger charge is -2.37. The van der Waals surface area contributed by atoms with Crippen molar-refractivity contribution in [3.63, 3.8) is 0 Å². The van der Waals surface area contributed by atoms with Crippen LogP contribution in [0.3, 0.4) is 0 Å². The van der Waals surface area contributed by atoms with Crippen LogP contribution in [-0.4, -0.2) is 60.3 Å². The third kappa shape index (κ3) is 5.42. The summed E-state index contributed by atoms with van der Waals surface area (Å²) in [6, 6.07) is 0. The molecule has 3 atom stereocenters. The molecule has 0 aromatic heterocycles. The Kier molecular flexibility index (Phi) is 10.3. The lowest BCUT2D eigenvalue weighted by atomic mass is 9.77. The number of aliphatic hydroxyl groups excluding tert-OH is 1. The molecule has 0 radical (unpaired) electrons. The molecule has 0 aromatic carbocycles. The van der Waals surface area contributed by atoms with Gasteiger partial charge in [0, 0.05) is 0 Å². The van der Waals surface area contributed by atoms with Crippen LogP contribution in [0.4, 0.5) is 0 Å². The van der Waals surface area contributed by atoms with Gasteiger partial charge in [-0.05, 0) is 12.8 Å². The Morgan fingerprint density at radius 3 is 1.89 bits per heavy atom. The molecule has 0 spiro atoms. The van der Waals surface area contributed by atoms with Gasteiger partial charge >= 0.3 is 11.9 Å². The molecule has 1 heterocycles. The molecule has 7 heteroatoms. The van der Waals surface area contributed by atoms with Crippen LogP contribution < -0.4 is 0 Å². The Balaban J connectivity index is 2.54. The summed E-state index contributed by atoms with van der Waals surface area (Å²) >= 11 is 0. The first-order valence-corrected chi connectivity index (χ1v) is 10.1. The zero-order valence-electron chi connectivity index (χ0n) is 17.0. The quantitative estimate of drug-likeness (QED) is 0.369. The Morgan fingerprint density at radius 2 is 1.41 bits per heavy atom. The number of carbonyl (C=O) groups is 2. The lowest BCUT2D eigenvalue weighted by molar-refractivity contribution is -0.207. The number of aliphatic hydroxyl groups is 2. The van der Waals surface area contributed by atoms with Gasteiger partial charge < -0.3 is 24.4 Å². The van der Waals surface area contributed by atoms with Crippen LogP contribution in [0.15, 0.2) is 0 Å². The number of methoxy groups -OCH3 is 2. The van der Waals surface area contributed by atoms with E-state index in [-0.39, 0.29) is 13.0 Å². The number of rotatable bonds is 13. The van der Waals surface area contributed by atoms with E-state index in [1.165, 1.54) is 38.5 Å². The van der Waals surface area contributed by atoms with E-state index in [0.717, 1.165) is 33.5 Å². The predicted octanol–water partition coefficient (Wildman–Crippen LogP) is 2.50. The van der Waals surface area contributed by atoms with Gasteiger partial charge in [-0.15, -0.1) is 0 Å². The molecule has 0 bridgehead atoms. The van der Waals surface area contributed by atoms with Crippen molar-refractivity contribution in [2.75, 3.05) is 20.8 Å². The normalized spacial score (nSPS) is 27.5. The highest BCUT2D eigenvalue weighted by molar-refractivity contribution is 5.94. The number of hydrogen-bond acceptors (Lipinski definition) is 7. The molecule has 0 unspecified atom stereocenters. The molecule has 2 N–H and O–H groups in total. The highest BCUT2D eigenvalue weighted by Gasteiger charge is 2.70. The summed E-state index contributed by atoms with van der Waals surface area (Å²) in [6.45, 7) is 1.87. The summed E-state index contributed by atoms with van der Waals surface area (Å²) < 4.78 is 14.8. The standard InChI is InChI=1S/C20H36O7/c1-4-5-6-7-8-9-10-11-12-13-14-19(17(22)25-2)20(24,18(23)26-3)16(21)15-27-19/h16,21,24H,4-15H2,1-3H3/t16-,19+,20-/m1/s1. The molecule has 158 valence electrons. The van der Waals surface area contributed by atoms with Crippen LogP contribution in [0.1, 0.15) is 77.6 Å². The fraction of sp³-hybridized carbons (Fsp3) is 0.900. The number of esters is 2. The molecule has 0 aliphatic carbocycles. The molecular formula is C20H36O7. The second-order valence-corrected chi connectivity index (χ2v) is 7.34. The number of carbonyl (C=O) groups excluding carboxylic acids is 2. The summed E-state index contributed by atoms with van der Waals surface area (Å²) in [4.78, 5) is 24.5. The molecule has 27 heavy (non-hydrogen) atoms. The molecule has 0 saturated carbocycles. The first kappa shape index (κ1) is 23.9. The number of hydrogen-bond donors (Lipinski definition) is 2. The molecular weight excluding hydrogens is 352 g/mol. The van der Waals surface area contributed by atoms with E-state index in [1.54, 1.807) is 0 Å². The zero-order valence-corrected chi connectivity index (χ0v) is 17.0. The van der Waals surface area contributed by atoms with Crippen molar-refractivity contribution in [3.05, 3.63) is 0 Å². The Morgan fingerprint density at radius 1 is 0.926 bits per heavy atom. The smallest absolute Gasteiger partial charge is 0.344 e. The fourth-order valence-corrected chi connectivity index (χ4v) is 3.78. The molecule has 1 rings (SSSR count). The lowest BCUT2D eigenvalue weighted by Crippen LogP contribution is -2.65. The van der Waals surface area contributed by atoms with Crippen molar-refractivity contribution < 1.29 is 34.0 Å². The van der Waals surface area contributed by atoms with Gasteiger partial charge in [0.25, 0.3) is 0 Å². The average molecular weight is 389 g/mol. The topological polar surface area (TPSA) is 102 Å². The van der Waals surface area contributed by atoms with Crippen LogP contribution in [0.5, 0.6) is 0 Å². The van der Waals surface area contributed by atoms with E-state index in [4.69, 9.17) is 9.47 Å². The number of unbranched alkanes of at least 4 members (excludes halogenated alkanes) is 9. The first-order valence-electron chi connectivity index (χ1n) is 10.1. The molecule has 1 fully saturated rings. The molecule has 0 aromatic rings. The van der Waals surface area contributed by atoms with E-state index in [2.05, 4.69) is 11.7 Å². The highest BCUT2D eigenvalue weighted by atomic mass is 16.6. The minimum absolute atomic E-state index is 0.0822. The van der Waals surface area contributed by atoms with Gasteiger partial charge in [-0.3, -0.25) is 0 Å². The van der Waals surface area contributed by atoms with Crippen molar-refractivity contribution >= 4 is 11.9 Å². The van der Waals surface area contributed by atoms with Gasteiger partial charge in [0.05, 0.1) is 20.8 Å². The van der Waals surface area contributed by atoms with Crippen LogP contribution in [0.25, 0.3) is 0 Å². The SMILES string of the molecule is CCCCCCCCCCCC[C@@]1(C(=O)OC)OC[C@@H](O)[C@@]1(O)C(=O)OC. The summed E-state index contributed by atoms with van der Waals surface area (Å²) in [5, 5.41) is 20.9. The van der Waals surface area contributed by atoms with Crippen LogP contribution in [0.2, 0.25) is 0 Å². The molecule has 1 aliphatic rings. The summed E-state index contributed by atoms with van der Waals surface area (Å²) in [5.41, 5.74) is -4.40. The zero-order chi connectivity index (χ0) is 20.3. The summed E-state index contributed by atoms with van der Waals surface area (Å²) in [6.07, 6.45) is 9.60. The number of ether oxygens (including phenoxy) is 3. The van der Waals surface area contributed by atoms with Crippen LogP contribution in [0, 0.1) is 0 Å². The Labute approximate surface area is 162 Å². The maximum atomic E-state index is 12.4. The highest BCUT2D eigenvalue weighted by Crippen LogP contribution is 2.42. The second-order valence-electron chi connectivity index (χ2n) is 7.34. The largest absolute Gasteiger partial charge is 0.467 e. The monoisotopic (exact) mass is 388 g/mol. The van der Waals surface area contributed by atoms with Gasteiger partial charge in [0.15, 0.2) is 0 Å². The van der Waals surface area contributed by atoms with Crippen molar-refractivity contribution in [1.29, 1.82) is 0 Å². The van der Waals surface area contributed by atoms with Crippen LogP contribution in [-0.2, 0) is 23.8 Å². The third-order valence-corrected chi connectivity index (χ3v) is 5.48. The average Bonchev–Trinajstić information content (AvgIpc) is 2.94. The maximum Gasteiger partial charge on any atom is 0.344 e. The van der Waals surface area contributed by atoms with Crippen molar-refractivity contribution in [2.45, 2.75) is 94.9 Å². The summed E-state index contributed by atoms with van der Waals surface area (Å²) in [5.74, 6) is -1.96. The van der Waals surface area contributed by atoms with E-state index in [9.17, 15) is 19.8 Å². The van der Waals surface area contributed by atoms with E-state index in [1.807, 2.05) is 0 Å². The minimum atomic E-state index is -2.46. The second kappa shape index (κ2) is 11.6. The minimum Gasteiger partial charge on any atom is -0.467 e. The van der Waals surface area contributed by atoms with E-state index >= 15 is 0 Å². The van der Waals surface area contributed by atoms with Gasteiger partial charge in [-0.2, -0.15) is 0 Å². The Hall–Kier alpha value is -1.18. The van der Waals surface area contributed by atoms with Gasteiger partial charge in [-0.25, -0.2) is 9.59 Å². The van der Waals surface area contributed by atoms with Crippen LogP contribution >= 0.6 is 0 Å². The molecule has 7 nitrogen and oxygen atoms in total. The fourth-order valence-electron chi connectivity index (χ4n) is 3.78. The van der Waals surface area contributed by atoms with E-state index < -0.39 is 29.2 Å². The van der Waals surface area contributed by atoms with Gasteiger partial charge in [0.2, 0.25) is 11.2 Å². The van der Waals surface area contributed by atoms with Gasteiger partial charge in [0.1, 0.15) is 6.10 Å². The molecule has 1 saturated heterocycles. The van der Waals surface area contributed by atoms with Crippen molar-refractivity contribution in [1.82, 2.24) is 0 Å². The third-order valence-electron chi connectivity index (χ3n) is 5.48. The van der Waals surface area contributed by atoms with Crippen molar-refractivity contribution in [3.8, 4) is 0 Å². The Bertz CT molecular complexity index is 467. The maximum absolute atomic E-state index is 12.4. The molecule has 0 amide bonds. The molecule has 1 aliphatic heterocycles. The first-order chi connectivity index (χ1) is 12.9. The van der Waals surface area contributed by atoms with Gasteiger partial charge in [-0.1, -0.05) is 64.7 Å². The summed E-state index contributed by atoms with van der Waals surface area (Å²) in [7, 11) is 2.25. The predicted molar refractivity (Wildman–Crippen MR) is 100 cm³/mol. The van der Waals surface area contributed by atoms with Crippen molar-refractivity contribution in [2.24, 2.45) is 0 Å².